The third-order valence-electron chi connectivity index (χ3n) is 4.68. The first kappa shape index (κ1) is 15.5. The van der Waals surface area contributed by atoms with Gasteiger partial charge in [-0.25, -0.2) is 0 Å². The normalized spacial score (nSPS) is 16.0. The van der Waals surface area contributed by atoms with E-state index in [2.05, 4.69) is 6.07 Å². The molecular weight excluding hydrogens is 310 g/mol. The molecule has 4 rings (SSSR count). The Morgan fingerprint density at radius 1 is 0.880 bits per heavy atom. The minimum Gasteiger partial charge on any atom is -0.497 e. The van der Waals surface area contributed by atoms with Crippen molar-refractivity contribution in [1.29, 1.82) is 0 Å². The van der Waals surface area contributed by atoms with Crippen molar-refractivity contribution in [2.75, 3.05) is 12.0 Å². The first-order chi connectivity index (χ1) is 12.3. The second-order valence-electron chi connectivity index (χ2n) is 6.17. The number of para-hydroxylation sites is 2. The van der Waals surface area contributed by atoms with Gasteiger partial charge >= 0.3 is 0 Å². The van der Waals surface area contributed by atoms with Crippen LogP contribution in [0, 0.1) is 0 Å². The molecule has 0 N–H and O–H groups in total. The molecule has 3 nitrogen and oxygen atoms in total. The van der Waals surface area contributed by atoms with E-state index in [1.165, 1.54) is 0 Å². The molecule has 124 valence electrons. The maximum Gasteiger partial charge on any atom is 0.239 e. The van der Waals surface area contributed by atoms with Gasteiger partial charge in [-0.15, -0.1) is 0 Å². The molecule has 0 aromatic heterocycles. The van der Waals surface area contributed by atoms with Crippen molar-refractivity contribution in [1.82, 2.24) is 0 Å². The van der Waals surface area contributed by atoms with E-state index >= 15 is 0 Å². The van der Waals surface area contributed by atoms with Gasteiger partial charge in [0.2, 0.25) is 5.91 Å². The molecule has 1 atom stereocenters. The Labute approximate surface area is 147 Å². The maximum atomic E-state index is 13.2. The standard InChI is InChI=1S/C22H19NO2/c1-25-18-13-11-16(12-14-18)15-20-19-9-5-6-10-21(19)23(22(20)24)17-7-3-2-4-8-17/h2-14,20H,15H2,1H3/t20-/m0/s1. The summed E-state index contributed by atoms with van der Waals surface area (Å²) in [6, 6.07) is 25.8. The SMILES string of the molecule is COc1ccc(C[C@@H]2C(=O)N(c3ccccc3)c3ccccc32)cc1. The van der Waals surface area contributed by atoms with Crippen molar-refractivity contribution < 1.29 is 9.53 Å². The second-order valence-corrected chi connectivity index (χ2v) is 6.17. The van der Waals surface area contributed by atoms with E-state index in [0.29, 0.717) is 6.42 Å². The molecule has 1 aliphatic rings. The highest BCUT2D eigenvalue weighted by Gasteiger charge is 2.37. The molecule has 0 bridgehead atoms. The number of nitrogens with zero attached hydrogens (tertiary/aromatic N) is 1. The predicted octanol–water partition coefficient (Wildman–Crippen LogP) is 4.70. The number of ether oxygens (including phenoxy) is 1. The summed E-state index contributed by atoms with van der Waals surface area (Å²) < 4.78 is 5.22. The number of rotatable bonds is 4. The van der Waals surface area contributed by atoms with Gasteiger partial charge in [-0.3, -0.25) is 9.69 Å². The highest BCUT2D eigenvalue weighted by atomic mass is 16.5. The fraction of sp³-hybridized carbons (Fsp3) is 0.136. The van der Waals surface area contributed by atoms with Crippen LogP contribution in [0.3, 0.4) is 0 Å². The zero-order chi connectivity index (χ0) is 17.2. The average Bonchev–Trinajstić information content (AvgIpc) is 2.95. The summed E-state index contributed by atoms with van der Waals surface area (Å²) in [6.07, 6.45) is 0.684. The summed E-state index contributed by atoms with van der Waals surface area (Å²) in [5.74, 6) is 0.792. The Bertz CT molecular complexity index is 887. The van der Waals surface area contributed by atoms with E-state index in [4.69, 9.17) is 4.74 Å². The third-order valence-corrected chi connectivity index (χ3v) is 4.68. The lowest BCUT2D eigenvalue weighted by atomic mass is 9.93. The molecular formula is C22H19NO2. The predicted molar refractivity (Wildman–Crippen MR) is 99.5 cm³/mol. The average molecular weight is 329 g/mol. The lowest BCUT2D eigenvalue weighted by Crippen LogP contribution is -2.24. The Balaban J connectivity index is 1.70. The number of anilines is 2. The topological polar surface area (TPSA) is 29.5 Å². The molecule has 1 amide bonds. The van der Waals surface area contributed by atoms with Gasteiger partial charge < -0.3 is 4.74 Å². The second kappa shape index (κ2) is 6.44. The number of methoxy groups -OCH3 is 1. The van der Waals surface area contributed by atoms with Crippen molar-refractivity contribution in [2.45, 2.75) is 12.3 Å². The molecule has 0 aliphatic carbocycles. The van der Waals surface area contributed by atoms with Crippen molar-refractivity contribution >= 4 is 17.3 Å². The summed E-state index contributed by atoms with van der Waals surface area (Å²) >= 11 is 0. The van der Waals surface area contributed by atoms with E-state index in [-0.39, 0.29) is 11.8 Å². The Morgan fingerprint density at radius 2 is 1.56 bits per heavy atom. The van der Waals surface area contributed by atoms with Crippen LogP contribution in [-0.2, 0) is 11.2 Å². The quantitative estimate of drug-likeness (QED) is 0.694. The molecule has 0 unspecified atom stereocenters. The van der Waals surface area contributed by atoms with Crippen LogP contribution in [-0.4, -0.2) is 13.0 Å². The van der Waals surface area contributed by atoms with Gasteiger partial charge in [0.15, 0.2) is 0 Å². The van der Waals surface area contributed by atoms with Gasteiger partial charge in [-0.2, -0.15) is 0 Å². The molecule has 3 aromatic carbocycles. The number of hydrogen-bond acceptors (Lipinski definition) is 2. The Hall–Kier alpha value is -3.07. The largest absolute Gasteiger partial charge is 0.497 e. The van der Waals surface area contributed by atoms with E-state index in [1.807, 2.05) is 77.7 Å². The van der Waals surface area contributed by atoms with Crippen molar-refractivity contribution in [2.24, 2.45) is 0 Å². The first-order valence-corrected chi connectivity index (χ1v) is 8.39. The molecule has 25 heavy (non-hydrogen) atoms. The zero-order valence-electron chi connectivity index (χ0n) is 14.1. The summed E-state index contributed by atoms with van der Waals surface area (Å²) in [7, 11) is 1.66. The summed E-state index contributed by atoms with van der Waals surface area (Å²) in [6.45, 7) is 0. The van der Waals surface area contributed by atoms with Crippen LogP contribution in [0.1, 0.15) is 17.0 Å². The number of fused-ring (bicyclic) bond motifs is 1. The molecule has 3 aromatic rings. The number of benzene rings is 3. The van der Waals surface area contributed by atoms with Crippen LogP contribution in [0.15, 0.2) is 78.9 Å². The van der Waals surface area contributed by atoms with Gasteiger partial charge in [-0.1, -0.05) is 48.5 Å². The number of carbonyl (C=O) groups excluding carboxylic acids is 1. The van der Waals surface area contributed by atoms with Crippen molar-refractivity contribution in [3.8, 4) is 5.75 Å². The van der Waals surface area contributed by atoms with Gasteiger partial charge in [0.05, 0.1) is 18.7 Å². The lowest BCUT2D eigenvalue weighted by Gasteiger charge is -2.18. The van der Waals surface area contributed by atoms with Crippen molar-refractivity contribution in [3.63, 3.8) is 0 Å². The van der Waals surface area contributed by atoms with Crippen LogP contribution in [0.2, 0.25) is 0 Å². The Morgan fingerprint density at radius 3 is 2.28 bits per heavy atom. The van der Waals surface area contributed by atoms with Crippen LogP contribution in [0.5, 0.6) is 5.75 Å². The van der Waals surface area contributed by atoms with E-state index < -0.39 is 0 Å². The smallest absolute Gasteiger partial charge is 0.239 e. The molecule has 1 aliphatic heterocycles. The van der Waals surface area contributed by atoms with Crippen LogP contribution in [0.4, 0.5) is 11.4 Å². The highest BCUT2D eigenvalue weighted by Crippen LogP contribution is 2.43. The van der Waals surface area contributed by atoms with E-state index in [0.717, 1.165) is 28.3 Å². The number of carbonyl (C=O) groups is 1. The number of hydrogen-bond donors (Lipinski definition) is 0. The van der Waals surface area contributed by atoms with Crippen LogP contribution < -0.4 is 9.64 Å². The van der Waals surface area contributed by atoms with Gasteiger partial charge in [-0.05, 0) is 47.9 Å². The molecule has 0 saturated heterocycles. The monoisotopic (exact) mass is 329 g/mol. The zero-order valence-corrected chi connectivity index (χ0v) is 14.1. The van der Waals surface area contributed by atoms with Gasteiger partial charge in [0.1, 0.15) is 5.75 Å². The summed E-state index contributed by atoms with van der Waals surface area (Å²) in [5, 5.41) is 0. The van der Waals surface area contributed by atoms with Crippen LogP contribution in [0.25, 0.3) is 0 Å². The summed E-state index contributed by atoms with van der Waals surface area (Å²) in [4.78, 5) is 15.0. The highest BCUT2D eigenvalue weighted by molar-refractivity contribution is 6.10. The van der Waals surface area contributed by atoms with Gasteiger partial charge in [0.25, 0.3) is 0 Å². The third kappa shape index (κ3) is 2.78. The maximum absolute atomic E-state index is 13.2. The van der Waals surface area contributed by atoms with Crippen LogP contribution >= 0.6 is 0 Å². The van der Waals surface area contributed by atoms with Gasteiger partial charge in [0, 0.05) is 5.69 Å². The molecule has 0 spiro atoms. The molecule has 0 saturated carbocycles. The minimum absolute atomic E-state index is 0.128. The fourth-order valence-corrected chi connectivity index (χ4v) is 3.43. The molecule has 0 fully saturated rings. The number of amides is 1. The lowest BCUT2D eigenvalue weighted by molar-refractivity contribution is -0.118. The molecule has 1 heterocycles. The first-order valence-electron chi connectivity index (χ1n) is 8.39. The van der Waals surface area contributed by atoms with E-state index in [9.17, 15) is 4.79 Å². The van der Waals surface area contributed by atoms with E-state index in [1.54, 1.807) is 7.11 Å². The Kier molecular flexibility index (Phi) is 3.98. The minimum atomic E-state index is -0.162. The molecule has 0 radical (unpaired) electrons. The van der Waals surface area contributed by atoms with Crippen molar-refractivity contribution in [3.05, 3.63) is 90.0 Å². The fourth-order valence-electron chi connectivity index (χ4n) is 3.43. The molecule has 3 heteroatoms. The summed E-state index contributed by atoms with van der Waals surface area (Å²) in [5.41, 5.74) is 4.12.